The Morgan fingerprint density at radius 1 is 0.803 bits per heavy atom. The molecule has 66 heavy (non-hydrogen) atoms. The molecular formula is C45H55NO19S. The Morgan fingerprint density at radius 3 is 2.08 bits per heavy atom. The van der Waals surface area contributed by atoms with Crippen molar-refractivity contribution in [2.45, 2.75) is 145 Å². The lowest BCUT2D eigenvalue weighted by atomic mass is 9.87. The van der Waals surface area contributed by atoms with E-state index in [0.717, 1.165) is 59.1 Å². The number of Topliss-reactive ketones (excluding diaryl/α,β-unsaturated/α-hetero) is 1. The fraction of sp³-hybridized carbons (Fsp3) is 0.556. The lowest BCUT2D eigenvalue weighted by Crippen LogP contribution is -2.72. The highest BCUT2D eigenvalue weighted by atomic mass is 32.2. The zero-order valence-corrected chi connectivity index (χ0v) is 38.6. The summed E-state index contributed by atoms with van der Waals surface area (Å²) in [4.78, 5) is 104. The van der Waals surface area contributed by atoms with Crippen molar-refractivity contribution in [1.29, 1.82) is 0 Å². The van der Waals surface area contributed by atoms with Crippen LogP contribution in [0.25, 0.3) is 0 Å². The number of ketones is 1. The third-order valence-corrected chi connectivity index (χ3v) is 11.6. The molecule has 1 N–H and O–H groups in total. The third-order valence-electron chi connectivity index (χ3n) is 10.4. The quantitative estimate of drug-likeness (QED) is 0.166. The Morgan fingerprint density at radius 2 is 1.48 bits per heavy atom. The second-order valence-corrected chi connectivity index (χ2v) is 17.0. The van der Waals surface area contributed by atoms with E-state index in [0.29, 0.717) is 10.5 Å². The van der Waals surface area contributed by atoms with Crippen molar-refractivity contribution in [2.24, 2.45) is 0 Å². The van der Waals surface area contributed by atoms with E-state index in [1.807, 2.05) is 31.2 Å². The number of aryl methyl sites for hydroxylation is 1. The third kappa shape index (κ3) is 13.8. The molecule has 0 aliphatic carbocycles. The monoisotopic (exact) mass is 945 g/mol. The molecule has 0 radical (unpaired) electrons. The zero-order valence-electron chi connectivity index (χ0n) is 37.7. The second kappa shape index (κ2) is 23.3. The van der Waals surface area contributed by atoms with Gasteiger partial charge in [-0.2, -0.15) is 0 Å². The van der Waals surface area contributed by atoms with Crippen LogP contribution < -0.4 is 5.32 Å². The van der Waals surface area contributed by atoms with E-state index in [4.69, 9.17) is 52.1 Å². The zero-order chi connectivity index (χ0) is 48.3. The number of rotatable bonds is 18. The van der Waals surface area contributed by atoms with Gasteiger partial charge in [0.2, 0.25) is 5.91 Å². The van der Waals surface area contributed by atoms with Gasteiger partial charge in [0, 0.05) is 51.5 Å². The Hall–Kier alpha value is -5.45. The molecule has 360 valence electrons. The summed E-state index contributed by atoms with van der Waals surface area (Å²) in [5.41, 5.74) is 0.411. The molecule has 0 saturated carbocycles. The lowest BCUT2D eigenvalue weighted by Gasteiger charge is -2.53. The number of nitrogens with one attached hydrogen (secondary N) is 1. The van der Waals surface area contributed by atoms with Crippen LogP contribution in [-0.4, -0.2) is 134 Å². The summed E-state index contributed by atoms with van der Waals surface area (Å²) in [5.74, 6) is -9.45. The number of methoxy groups -OCH3 is 1. The molecule has 21 heteroatoms. The maximum atomic E-state index is 14.6. The summed E-state index contributed by atoms with van der Waals surface area (Å²) in [6.45, 7) is 7.70. The Bertz CT molecular complexity index is 2070. The highest BCUT2D eigenvalue weighted by Crippen LogP contribution is 2.45. The predicted molar refractivity (Wildman–Crippen MR) is 226 cm³/mol. The van der Waals surface area contributed by atoms with Crippen LogP contribution in [0.1, 0.15) is 78.2 Å². The summed E-state index contributed by atoms with van der Waals surface area (Å²) in [6.07, 6.45) is -14.5. The normalized spacial score (nSPS) is 27.9. The first-order valence-corrected chi connectivity index (χ1v) is 21.9. The molecule has 3 heterocycles. The van der Waals surface area contributed by atoms with Crippen LogP contribution in [0.3, 0.4) is 0 Å². The molecule has 12 atom stereocenters. The first-order valence-electron chi connectivity index (χ1n) is 21.0. The molecule has 20 nitrogen and oxygen atoms in total. The number of carbonyl (C=O) groups excluding carboxylic acids is 8. The van der Waals surface area contributed by atoms with Gasteiger partial charge in [-0.3, -0.25) is 28.8 Å². The Kier molecular flexibility index (Phi) is 18.2. The van der Waals surface area contributed by atoms with Gasteiger partial charge < -0.3 is 62.2 Å². The summed E-state index contributed by atoms with van der Waals surface area (Å²) in [7, 11) is 1.01. The predicted octanol–water partition coefficient (Wildman–Crippen LogP) is 3.11. The van der Waals surface area contributed by atoms with Crippen molar-refractivity contribution in [2.75, 3.05) is 20.3 Å². The maximum absolute atomic E-state index is 14.6. The number of carbonyl (C=O) groups is 8. The van der Waals surface area contributed by atoms with E-state index >= 15 is 0 Å². The van der Waals surface area contributed by atoms with Crippen molar-refractivity contribution < 1.29 is 90.5 Å². The molecule has 0 unspecified atom stereocenters. The maximum Gasteiger partial charge on any atom is 0.366 e. The summed E-state index contributed by atoms with van der Waals surface area (Å²) >= 11 is 1.15. The first-order chi connectivity index (χ1) is 31.3. The summed E-state index contributed by atoms with van der Waals surface area (Å²) in [5, 5.41) is 2.63. The van der Waals surface area contributed by atoms with Gasteiger partial charge in [-0.05, 0) is 26.0 Å². The van der Waals surface area contributed by atoms with Crippen LogP contribution in [-0.2, 0) is 90.5 Å². The molecule has 2 aromatic rings. The summed E-state index contributed by atoms with van der Waals surface area (Å²) < 4.78 is 66.6. The van der Waals surface area contributed by atoms with E-state index in [1.165, 1.54) is 6.92 Å². The lowest BCUT2D eigenvalue weighted by molar-refractivity contribution is -0.375. The van der Waals surface area contributed by atoms with Gasteiger partial charge in [-0.25, -0.2) is 4.79 Å². The minimum absolute atomic E-state index is 0.107. The van der Waals surface area contributed by atoms with Crippen molar-refractivity contribution in [1.82, 2.24) is 5.32 Å². The van der Waals surface area contributed by atoms with Crippen LogP contribution >= 0.6 is 11.8 Å². The fourth-order valence-corrected chi connectivity index (χ4v) is 8.76. The number of esters is 6. The standard InChI is InChI=1S/C45H55NO19S/c1-23-14-17-31(18-15-23)66-43-41(62-35(53)19-16-24(2)47)40(38-34(61-43)22-57-42(63-38)30-12-10-9-11-13-30)65-45(44(54)55-8)20-32(58-27(5)50)36(46-25(3)48)39(64-45)37(60-29(7)52)33(59-28(6)51)21-56-26(4)49/h9-15,17-18,32-34,36-43H,16,19-22H2,1-8H3,(H,46,48)/t32-,33+,34+,36+,37+,38-,39-,40-,41+,42-,43-,45-/m0/s1. The molecule has 3 aliphatic rings. The van der Waals surface area contributed by atoms with Crippen molar-refractivity contribution in [3.8, 4) is 0 Å². The van der Waals surface area contributed by atoms with Crippen LogP contribution in [0.5, 0.6) is 0 Å². The molecule has 0 bridgehead atoms. The van der Waals surface area contributed by atoms with E-state index in [9.17, 15) is 38.4 Å². The molecule has 5 rings (SSSR count). The molecule has 3 saturated heterocycles. The molecule has 0 aromatic heterocycles. The number of amides is 1. The topological polar surface area (TPSA) is 250 Å². The fourth-order valence-electron chi connectivity index (χ4n) is 7.66. The largest absolute Gasteiger partial charge is 0.465 e. The van der Waals surface area contributed by atoms with Gasteiger partial charge in [0.25, 0.3) is 5.79 Å². The number of benzene rings is 2. The molecule has 0 spiro atoms. The van der Waals surface area contributed by atoms with Gasteiger partial charge in [0.1, 0.15) is 48.3 Å². The highest BCUT2D eigenvalue weighted by molar-refractivity contribution is 7.99. The average molecular weight is 946 g/mol. The molecule has 1 amide bonds. The number of fused-ring (bicyclic) bond motifs is 1. The van der Waals surface area contributed by atoms with Crippen LogP contribution in [0, 0.1) is 6.92 Å². The Labute approximate surface area is 385 Å². The summed E-state index contributed by atoms with van der Waals surface area (Å²) in [6, 6.07) is 14.7. The molecule has 3 fully saturated rings. The highest BCUT2D eigenvalue weighted by Gasteiger charge is 2.63. The van der Waals surface area contributed by atoms with E-state index < -0.39 is 127 Å². The van der Waals surface area contributed by atoms with Crippen molar-refractivity contribution in [3.63, 3.8) is 0 Å². The number of ether oxygens (including phenoxy) is 11. The first kappa shape index (κ1) is 51.5. The number of hydrogen-bond donors (Lipinski definition) is 1. The van der Waals surface area contributed by atoms with Gasteiger partial charge in [-0.15, -0.1) is 0 Å². The van der Waals surface area contributed by atoms with Gasteiger partial charge >= 0.3 is 35.8 Å². The average Bonchev–Trinajstić information content (AvgIpc) is 3.25. The molecule has 2 aromatic carbocycles. The number of hydrogen-bond acceptors (Lipinski definition) is 20. The smallest absolute Gasteiger partial charge is 0.366 e. The minimum atomic E-state index is -2.76. The molecular weight excluding hydrogens is 891 g/mol. The molecule has 3 aliphatic heterocycles. The van der Waals surface area contributed by atoms with Crippen molar-refractivity contribution >= 4 is 59.3 Å². The van der Waals surface area contributed by atoms with E-state index in [1.54, 1.807) is 30.3 Å². The Balaban J connectivity index is 1.73. The van der Waals surface area contributed by atoms with E-state index in [-0.39, 0.29) is 25.2 Å². The van der Waals surface area contributed by atoms with Crippen LogP contribution in [0.4, 0.5) is 0 Å². The van der Waals surface area contributed by atoms with Crippen LogP contribution in [0.15, 0.2) is 59.5 Å². The van der Waals surface area contributed by atoms with Crippen molar-refractivity contribution in [3.05, 3.63) is 65.7 Å². The van der Waals surface area contributed by atoms with Gasteiger partial charge in [0.05, 0.1) is 32.6 Å². The second-order valence-electron chi connectivity index (χ2n) is 15.8. The SMILES string of the molecule is COC(=O)[C@@]1(O[C@H]2[C@H]3O[C@@H](c4ccccc4)OC[C@H]3O[C@@H](Sc3ccc(C)cc3)[C@@H]2OC(=O)CCC(C)=O)C[C@H](OC(C)=O)[C@@H](NC(C)=O)[C@@H]([C@H](OC(C)=O)[C@@H](COC(C)=O)OC(C)=O)O1. The van der Waals surface area contributed by atoms with Gasteiger partial charge in [0.15, 0.2) is 24.6 Å². The number of thioether (sulfide) groups is 1. The minimum Gasteiger partial charge on any atom is -0.465 e. The van der Waals surface area contributed by atoms with Crippen LogP contribution in [0.2, 0.25) is 0 Å². The van der Waals surface area contributed by atoms with Gasteiger partial charge in [-0.1, -0.05) is 59.8 Å². The van der Waals surface area contributed by atoms with E-state index in [2.05, 4.69) is 5.32 Å².